The smallest absolute Gasteiger partial charge is 0.191 e. The van der Waals surface area contributed by atoms with Gasteiger partial charge >= 0.3 is 0 Å². The van der Waals surface area contributed by atoms with Crippen molar-refractivity contribution in [2.75, 3.05) is 13.6 Å². The average molecular weight is 414 g/mol. The fraction of sp³-hybridized carbons (Fsp3) is 0.250. The monoisotopic (exact) mass is 414 g/mol. The molecule has 2 N–H and O–H groups in total. The van der Waals surface area contributed by atoms with Crippen molar-refractivity contribution in [3.8, 4) is 0 Å². The van der Waals surface area contributed by atoms with Crippen molar-refractivity contribution in [1.82, 2.24) is 15.6 Å². The lowest BCUT2D eigenvalue weighted by Crippen LogP contribution is -2.38. The van der Waals surface area contributed by atoms with E-state index in [1.54, 1.807) is 25.4 Å². The molecule has 6 heteroatoms. The number of benzene rings is 1. The molecule has 22 heavy (non-hydrogen) atoms. The second-order valence-corrected chi connectivity index (χ2v) is 4.52. The molecule has 0 radical (unpaired) electrons. The third kappa shape index (κ3) is 5.97. The summed E-state index contributed by atoms with van der Waals surface area (Å²) in [7, 11) is 1.71. The zero-order valence-electron chi connectivity index (χ0n) is 12.4. The van der Waals surface area contributed by atoms with Gasteiger partial charge in [0.1, 0.15) is 5.82 Å². The van der Waals surface area contributed by atoms with E-state index >= 15 is 0 Å². The molecule has 0 unspecified atom stereocenters. The SMILES string of the molecule is CN=C(NCCc1ccccc1F)NCc1ccccn1.I. The maximum Gasteiger partial charge on any atom is 0.191 e. The Balaban J connectivity index is 0.00000242. The van der Waals surface area contributed by atoms with Crippen LogP contribution in [-0.4, -0.2) is 24.5 Å². The predicted molar refractivity (Wildman–Crippen MR) is 98.0 cm³/mol. The number of guanidine groups is 1. The Morgan fingerprint density at radius 1 is 1.14 bits per heavy atom. The number of pyridine rings is 1. The number of aliphatic imine (C=N–C) groups is 1. The van der Waals surface area contributed by atoms with Gasteiger partial charge in [0.25, 0.3) is 0 Å². The normalized spacial score (nSPS) is 10.7. The maximum atomic E-state index is 13.5. The highest BCUT2D eigenvalue weighted by Gasteiger charge is 2.02. The zero-order chi connectivity index (χ0) is 14.9. The molecule has 0 aliphatic rings. The molecule has 0 aliphatic carbocycles. The molecule has 4 nitrogen and oxygen atoms in total. The van der Waals surface area contributed by atoms with Gasteiger partial charge in [-0.1, -0.05) is 24.3 Å². The molecule has 0 spiro atoms. The van der Waals surface area contributed by atoms with E-state index in [4.69, 9.17) is 0 Å². The molecule has 0 bridgehead atoms. The molecule has 0 atom stereocenters. The van der Waals surface area contributed by atoms with Crippen molar-refractivity contribution < 1.29 is 4.39 Å². The lowest BCUT2D eigenvalue weighted by atomic mass is 10.1. The van der Waals surface area contributed by atoms with Crippen LogP contribution >= 0.6 is 24.0 Å². The molecule has 0 saturated carbocycles. The second kappa shape index (κ2) is 10.1. The molecule has 0 fully saturated rings. The Morgan fingerprint density at radius 2 is 1.91 bits per heavy atom. The molecule has 1 aromatic carbocycles. The van der Waals surface area contributed by atoms with E-state index in [0.717, 1.165) is 5.69 Å². The van der Waals surface area contributed by atoms with Gasteiger partial charge in [-0.2, -0.15) is 0 Å². The number of nitrogens with one attached hydrogen (secondary N) is 2. The molecule has 118 valence electrons. The van der Waals surface area contributed by atoms with Gasteiger partial charge in [0.15, 0.2) is 5.96 Å². The van der Waals surface area contributed by atoms with Crippen LogP contribution in [-0.2, 0) is 13.0 Å². The van der Waals surface area contributed by atoms with Gasteiger partial charge in [0, 0.05) is 19.8 Å². The third-order valence-electron chi connectivity index (χ3n) is 3.03. The van der Waals surface area contributed by atoms with Crippen molar-refractivity contribution in [3.63, 3.8) is 0 Å². The van der Waals surface area contributed by atoms with Crippen molar-refractivity contribution in [1.29, 1.82) is 0 Å². The van der Waals surface area contributed by atoms with Gasteiger partial charge in [0.2, 0.25) is 0 Å². The van der Waals surface area contributed by atoms with E-state index in [-0.39, 0.29) is 29.8 Å². The largest absolute Gasteiger partial charge is 0.356 e. The van der Waals surface area contributed by atoms with E-state index in [1.807, 2.05) is 24.3 Å². The summed E-state index contributed by atoms with van der Waals surface area (Å²) in [5.41, 5.74) is 1.64. The van der Waals surface area contributed by atoms with Crippen LogP contribution in [0.15, 0.2) is 53.7 Å². The number of aromatic nitrogens is 1. The first kappa shape index (κ1) is 18.3. The van der Waals surface area contributed by atoms with Crippen LogP contribution in [0.2, 0.25) is 0 Å². The average Bonchev–Trinajstić information content (AvgIpc) is 2.53. The highest BCUT2D eigenvalue weighted by atomic mass is 127. The maximum absolute atomic E-state index is 13.5. The Bertz CT molecular complexity index is 590. The zero-order valence-corrected chi connectivity index (χ0v) is 14.8. The minimum Gasteiger partial charge on any atom is -0.356 e. The quantitative estimate of drug-likeness (QED) is 0.450. The third-order valence-corrected chi connectivity index (χ3v) is 3.03. The van der Waals surface area contributed by atoms with Crippen molar-refractivity contribution in [3.05, 3.63) is 65.7 Å². The number of halogens is 2. The van der Waals surface area contributed by atoms with E-state index < -0.39 is 0 Å². The number of hydrogen-bond donors (Lipinski definition) is 2. The molecule has 0 saturated heterocycles. The van der Waals surface area contributed by atoms with Gasteiger partial charge < -0.3 is 10.6 Å². The molecule has 0 aliphatic heterocycles. The van der Waals surface area contributed by atoms with Crippen LogP contribution in [0.25, 0.3) is 0 Å². The molecular weight excluding hydrogens is 394 g/mol. The van der Waals surface area contributed by atoms with Crippen LogP contribution in [0.5, 0.6) is 0 Å². The van der Waals surface area contributed by atoms with Crippen LogP contribution in [0.3, 0.4) is 0 Å². The first-order chi connectivity index (χ1) is 10.3. The van der Waals surface area contributed by atoms with Gasteiger partial charge in [-0.25, -0.2) is 4.39 Å². The van der Waals surface area contributed by atoms with Gasteiger partial charge in [0.05, 0.1) is 12.2 Å². The Hall–Kier alpha value is -1.70. The summed E-state index contributed by atoms with van der Waals surface area (Å²) in [4.78, 5) is 8.36. The summed E-state index contributed by atoms with van der Waals surface area (Å²) in [5.74, 6) is 0.507. The second-order valence-electron chi connectivity index (χ2n) is 4.52. The highest BCUT2D eigenvalue weighted by Crippen LogP contribution is 2.06. The minimum atomic E-state index is -0.171. The van der Waals surface area contributed by atoms with Gasteiger partial charge in [-0.05, 0) is 30.2 Å². The van der Waals surface area contributed by atoms with Gasteiger partial charge in [-0.3, -0.25) is 9.98 Å². The Kier molecular flexibility index (Phi) is 8.42. The van der Waals surface area contributed by atoms with Crippen molar-refractivity contribution in [2.45, 2.75) is 13.0 Å². The lowest BCUT2D eigenvalue weighted by Gasteiger charge is -2.11. The predicted octanol–water partition coefficient (Wildman–Crippen LogP) is 2.75. The lowest BCUT2D eigenvalue weighted by molar-refractivity contribution is 0.606. The standard InChI is InChI=1S/C16H19FN4.HI/c1-18-16(21-12-14-7-4-5-10-19-14)20-11-9-13-6-2-3-8-15(13)17;/h2-8,10H,9,11-12H2,1H3,(H2,18,20,21);1H. The first-order valence-electron chi connectivity index (χ1n) is 6.87. The molecule has 2 aromatic rings. The Labute approximate surface area is 147 Å². The van der Waals surface area contributed by atoms with Crippen LogP contribution < -0.4 is 10.6 Å². The van der Waals surface area contributed by atoms with Crippen molar-refractivity contribution >= 4 is 29.9 Å². The minimum absolute atomic E-state index is 0. The topological polar surface area (TPSA) is 49.3 Å². The van der Waals surface area contributed by atoms with E-state index in [9.17, 15) is 4.39 Å². The van der Waals surface area contributed by atoms with Crippen LogP contribution in [0, 0.1) is 5.82 Å². The van der Waals surface area contributed by atoms with Gasteiger partial charge in [-0.15, -0.1) is 24.0 Å². The summed E-state index contributed by atoms with van der Waals surface area (Å²) in [6, 6.07) is 12.6. The first-order valence-corrected chi connectivity index (χ1v) is 6.87. The summed E-state index contributed by atoms with van der Waals surface area (Å²) >= 11 is 0. The molecule has 0 amide bonds. The highest BCUT2D eigenvalue weighted by molar-refractivity contribution is 14.0. The van der Waals surface area contributed by atoms with E-state index in [2.05, 4.69) is 20.6 Å². The fourth-order valence-electron chi connectivity index (χ4n) is 1.91. The summed E-state index contributed by atoms with van der Waals surface area (Å²) in [6.07, 6.45) is 2.36. The summed E-state index contributed by atoms with van der Waals surface area (Å²) < 4.78 is 13.5. The summed E-state index contributed by atoms with van der Waals surface area (Å²) in [5, 5.41) is 6.33. The number of nitrogens with zero attached hydrogens (tertiary/aromatic N) is 2. The van der Waals surface area contributed by atoms with Crippen LogP contribution in [0.4, 0.5) is 4.39 Å². The number of rotatable bonds is 5. The number of hydrogen-bond acceptors (Lipinski definition) is 2. The van der Waals surface area contributed by atoms with Crippen LogP contribution in [0.1, 0.15) is 11.3 Å². The van der Waals surface area contributed by atoms with Crippen molar-refractivity contribution in [2.24, 2.45) is 4.99 Å². The molecule has 1 aromatic heterocycles. The van der Waals surface area contributed by atoms with E-state index in [0.29, 0.717) is 31.0 Å². The molecule has 1 heterocycles. The Morgan fingerprint density at radius 3 is 2.59 bits per heavy atom. The molecule has 2 rings (SSSR count). The molecular formula is C16H20FIN4. The fourth-order valence-corrected chi connectivity index (χ4v) is 1.91. The van der Waals surface area contributed by atoms with E-state index in [1.165, 1.54) is 6.07 Å². The summed E-state index contributed by atoms with van der Waals surface area (Å²) in [6.45, 7) is 1.21.